The van der Waals surface area contributed by atoms with Crippen LogP contribution in [0.3, 0.4) is 0 Å². The standard InChI is InChI=1S/C23H21NO2/c25-16-22-20-14-8-7-13-19(20)15-21(17-9-3-1-4-10-17)24(22)23(26)18-11-5-2-6-12-18/h1-14,21-22,25H,15-16H2/t21-,22-/m0/s1. The Morgan fingerprint density at radius 2 is 1.50 bits per heavy atom. The van der Waals surface area contributed by atoms with Crippen LogP contribution in [0.4, 0.5) is 0 Å². The third kappa shape index (κ3) is 2.91. The predicted molar refractivity (Wildman–Crippen MR) is 102 cm³/mol. The van der Waals surface area contributed by atoms with Gasteiger partial charge in [-0.15, -0.1) is 0 Å². The van der Waals surface area contributed by atoms with Gasteiger partial charge in [-0.25, -0.2) is 0 Å². The van der Waals surface area contributed by atoms with Crippen molar-refractivity contribution in [3.63, 3.8) is 0 Å². The molecule has 0 saturated carbocycles. The Balaban J connectivity index is 1.84. The number of carbonyl (C=O) groups is 1. The summed E-state index contributed by atoms with van der Waals surface area (Å²) in [5.74, 6) is -0.0481. The number of nitrogens with zero attached hydrogens (tertiary/aromatic N) is 1. The van der Waals surface area contributed by atoms with Crippen molar-refractivity contribution in [2.24, 2.45) is 0 Å². The Labute approximate surface area is 153 Å². The fourth-order valence-corrected chi connectivity index (χ4v) is 3.87. The molecule has 1 N–H and O–H groups in total. The molecule has 0 bridgehead atoms. The molecule has 0 unspecified atom stereocenters. The lowest BCUT2D eigenvalue weighted by atomic mass is 9.85. The van der Waals surface area contributed by atoms with Crippen LogP contribution in [0.5, 0.6) is 0 Å². The van der Waals surface area contributed by atoms with Crippen LogP contribution in [0.15, 0.2) is 84.9 Å². The maximum atomic E-state index is 13.4. The monoisotopic (exact) mass is 343 g/mol. The fraction of sp³-hybridized carbons (Fsp3) is 0.174. The minimum absolute atomic E-state index is 0.0481. The Hall–Kier alpha value is -2.91. The Bertz CT molecular complexity index is 892. The molecule has 130 valence electrons. The second kappa shape index (κ2) is 7.14. The highest BCUT2D eigenvalue weighted by Crippen LogP contribution is 2.40. The number of aliphatic hydroxyl groups is 1. The third-order valence-electron chi connectivity index (χ3n) is 5.11. The highest BCUT2D eigenvalue weighted by molar-refractivity contribution is 5.95. The fourth-order valence-electron chi connectivity index (χ4n) is 3.87. The molecule has 0 radical (unpaired) electrons. The van der Waals surface area contributed by atoms with Crippen molar-refractivity contribution in [2.45, 2.75) is 18.5 Å². The molecule has 2 atom stereocenters. The minimum atomic E-state index is -0.349. The van der Waals surface area contributed by atoms with Gasteiger partial charge in [0.25, 0.3) is 5.91 Å². The molecule has 3 heteroatoms. The minimum Gasteiger partial charge on any atom is -0.394 e. The van der Waals surface area contributed by atoms with E-state index in [9.17, 15) is 9.90 Å². The van der Waals surface area contributed by atoms with Gasteiger partial charge in [0, 0.05) is 5.56 Å². The van der Waals surface area contributed by atoms with Crippen molar-refractivity contribution in [2.75, 3.05) is 6.61 Å². The third-order valence-corrected chi connectivity index (χ3v) is 5.11. The summed E-state index contributed by atoms with van der Waals surface area (Å²) in [5, 5.41) is 10.2. The van der Waals surface area contributed by atoms with Crippen molar-refractivity contribution < 1.29 is 9.90 Å². The molecule has 0 aliphatic carbocycles. The van der Waals surface area contributed by atoms with Gasteiger partial charge in [0.05, 0.1) is 18.7 Å². The molecule has 1 aliphatic heterocycles. The zero-order valence-electron chi connectivity index (χ0n) is 14.5. The molecule has 26 heavy (non-hydrogen) atoms. The normalized spacial score (nSPS) is 19.0. The SMILES string of the molecule is O=C(c1ccccc1)N1[C@H](c2ccccc2)Cc2ccccc2[C@@H]1CO. The van der Waals surface area contributed by atoms with Gasteiger partial charge in [-0.2, -0.15) is 0 Å². The molecule has 0 fully saturated rings. The molecule has 3 nitrogen and oxygen atoms in total. The smallest absolute Gasteiger partial charge is 0.254 e. The predicted octanol–water partition coefficient (Wildman–Crippen LogP) is 4.16. The first kappa shape index (κ1) is 16.6. The van der Waals surface area contributed by atoms with E-state index >= 15 is 0 Å². The van der Waals surface area contributed by atoms with Crippen molar-refractivity contribution in [3.8, 4) is 0 Å². The summed E-state index contributed by atoms with van der Waals surface area (Å²) in [4.78, 5) is 15.2. The number of hydrogen-bond donors (Lipinski definition) is 1. The number of amides is 1. The molecule has 0 aromatic heterocycles. The quantitative estimate of drug-likeness (QED) is 0.776. The second-order valence-electron chi connectivity index (χ2n) is 6.61. The van der Waals surface area contributed by atoms with Crippen LogP contribution >= 0.6 is 0 Å². The van der Waals surface area contributed by atoms with E-state index in [0.29, 0.717) is 5.56 Å². The number of fused-ring (bicyclic) bond motifs is 1. The van der Waals surface area contributed by atoms with Gasteiger partial charge >= 0.3 is 0 Å². The zero-order chi connectivity index (χ0) is 17.9. The summed E-state index contributed by atoms with van der Waals surface area (Å²) in [7, 11) is 0. The first-order valence-corrected chi connectivity index (χ1v) is 8.91. The van der Waals surface area contributed by atoms with Crippen LogP contribution in [-0.2, 0) is 6.42 Å². The van der Waals surface area contributed by atoms with E-state index < -0.39 is 0 Å². The molecular weight excluding hydrogens is 322 g/mol. The number of benzene rings is 3. The van der Waals surface area contributed by atoms with E-state index in [4.69, 9.17) is 0 Å². The Morgan fingerprint density at radius 3 is 2.19 bits per heavy atom. The molecular formula is C23H21NO2. The van der Waals surface area contributed by atoms with Crippen LogP contribution in [0.25, 0.3) is 0 Å². The summed E-state index contributed by atoms with van der Waals surface area (Å²) < 4.78 is 0. The topological polar surface area (TPSA) is 40.5 Å². The van der Waals surface area contributed by atoms with Gasteiger partial charge < -0.3 is 10.0 Å². The maximum absolute atomic E-state index is 13.4. The molecule has 0 saturated heterocycles. The van der Waals surface area contributed by atoms with Crippen molar-refractivity contribution in [3.05, 3.63) is 107 Å². The van der Waals surface area contributed by atoms with Gasteiger partial charge in [0.1, 0.15) is 0 Å². The Kier molecular flexibility index (Phi) is 4.55. The molecule has 1 heterocycles. The first-order chi connectivity index (χ1) is 12.8. The van der Waals surface area contributed by atoms with Crippen molar-refractivity contribution >= 4 is 5.91 Å². The lowest BCUT2D eigenvalue weighted by Crippen LogP contribution is -2.43. The van der Waals surface area contributed by atoms with Gasteiger partial charge in [-0.1, -0.05) is 72.8 Å². The molecule has 0 spiro atoms. The van der Waals surface area contributed by atoms with E-state index in [2.05, 4.69) is 18.2 Å². The number of aliphatic hydroxyl groups excluding tert-OH is 1. The average molecular weight is 343 g/mol. The van der Waals surface area contributed by atoms with Gasteiger partial charge in [0.2, 0.25) is 0 Å². The van der Waals surface area contributed by atoms with E-state index in [0.717, 1.165) is 17.5 Å². The molecule has 4 rings (SSSR count). The second-order valence-corrected chi connectivity index (χ2v) is 6.61. The van der Waals surface area contributed by atoms with Crippen LogP contribution in [-0.4, -0.2) is 22.5 Å². The average Bonchev–Trinajstić information content (AvgIpc) is 2.73. The van der Waals surface area contributed by atoms with Crippen LogP contribution in [0.1, 0.15) is 39.1 Å². The van der Waals surface area contributed by atoms with Gasteiger partial charge in [-0.05, 0) is 35.2 Å². The van der Waals surface area contributed by atoms with Crippen molar-refractivity contribution in [1.29, 1.82) is 0 Å². The lowest BCUT2D eigenvalue weighted by Gasteiger charge is -2.43. The van der Waals surface area contributed by atoms with E-state index in [1.54, 1.807) is 0 Å². The van der Waals surface area contributed by atoms with Gasteiger partial charge in [0.15, 0.2) is 0 Å². The van der Waals surface area contributed by atoms with Crippen LogP contribution < -0.4 is 0 Å². The van der Waals surface area contributed by atoms with E-state index in [-0.39, 0.29) is 24.6 Å². The summed E-state index contributed by atoms with van der Waals surface area (Å²) in [6.45, 7) is -0.0983. The number of hydrogen-bond acceptors (Lipinski definition) is 2. The molecule has 1 aliphatic rings. The zero-order valence-corrected chi connectivity index (χ0v) is 14.5. The summed E-state index contributed by atoms with van der Waals surface area (Å²) >= 11 is 0. The van der Waals surface area contributed by atoms with Crippen LogP contribution in [0.2, 0.25) is 0 Å². The highest BCUT2D eigenvalue weighted by atomic mass is 16.3. The highest BCUT2D eigenvalue weighted by Gasteiger charge is 2.38. The van der Waals surface area contributed by atoms with Crippen LogP contribution in [0, 0.1) is 0 Å². The first-order valence-electron chi connectivity index (χ1n) is 8.91. The molecule has 3 aromatic carbocycles. The largest absolute Gasteiger partial charge is 0.394 e. The van der Waals surface area contributed by atoms with E-state index in [1.165, 1.54) is 5.56 Å². The number of carbonyl (C=O) groups excluding carboxylic acids is 1. The van der Waals surface area contributed by atoms with Gasteiger partial charge in [-0.3, -0.25) is 4.79 Å². The molecule has 1 amide bonds. The number of rotatable bonds is 3. The Morgan fingerprint density at radius 1 is 0.885 bits per heavy atom. The summed E-state index contributed by atoms with van der Waals surface area (Å²) in [6.07, 6.45) is 0.745. The maximum Gasteiger partial charge on any atom is 0.254 e. The summed E-state index contributed by atoms with van der Waals surface area (Å²) in [5.41, 5.74) is 3.96. The van der Waals surface area contributed by atoms with E-state index in [1.807, 2.05) is 71.6 Å². The summed E-state index contributed by atoms with van der Waals surface area (Å²) in [6, 6.07) is 27.0. The molecule has 3 aromatic rings. The lowest BCUT2D eigenvalue weighted by molar-refractivity contribution is 0.0410. The van der Waals surface area contributed by atoms with Crippen molar-refractivity contribution in [1.82, 2.24) is 4.90 Å².